The molecular formula is C10H16N4. The van der Waals surface area contributed by atoms with Crippen molar-refractivity contribution in [2.75, 3.05) is 6.54 Å². The third-order valence-electron chi connectivity index (χ3n) is 2.40. The summed E-state index contributed by atoms with van der Waals surface area (Å²) >= 11 is 0. The Morgan fingerprint density at radius 2 is 2.43 bits per heavy atom. The van der Waals surface area contributed by atoms with E-state index >= 15 is 0 Å². The fraction of sp³-hybridized carbons (Fsp3) is 0.500. The number of aromatic nitrogens is 1. The average Bonchev–Trinajstić information content (AvgIpc) is 2.68. The van der Waals surface area contributed by atoms with Crippen LogP contribution in [-0.4, -0.2) is 17.7 Å². The van der Waals surface area contributed by atoms with Crippen LogP contribution in [0.5, 0.6) is 0 Å². The molecule has 1 aromatic heterocycles. The third kappa shape index (κ3) is 2.09. The van der Waals surface area contributed by atoms with Crippen LogP contribution in [0, 0.1) is 0 Å². The van der Waals surface area contributed by atoms with Crippen molar-refractivity contribution in [1.82, 2.24) is 21.2 Å². The number of nitrogens with zero attached hydrogens (tertiary/aromatic N) is 1. The van der Waals surface area contributed by atoms with Gasteiger partial charge in [-0.05, 0) is 25.1 Å². The van der Waals surface area contributed by atoms with Crippen LogP contribution in [0.25, 0.3) is 0 Å². The smallest absolute Gasteiger partial charge is 0.0723 e. The van der Waals surface area contributed by atoms with E-state index in [1.54, 1.807) is 0 Å². The van der Waals surface area contributed by atoms with Crippen molar-refractivity contribution in [2.24, 2.45) is 0 Å². The number of hydrogen-bond acceptors (Lipinski definition) is 4. The van der Waals surface area contributed by atoms with Gasteiger partial charge in [0.15, 0.2) is 0 Å². The molecule has 14 heavy (non-hydrogen) atoms. The Kier molecular flexibility index (Phi) is 3.08. The SMILES string of the molecule is CCNC1CC(c2ccccn2)NN1. The highest BCUT2D eigenvalue weighted by Gasteiger charge is 2.24. The predicted molar refractivity (Wildman–Crippen MR) is 55.3 cm³/mol. The molecule has 0 bridgehead atoms. The summed E-state index contributed by atoms with van der Waals surface area (Å²) in [4.78, 5) is 4.33. The second kappa shape index (κ2) is 4.50. The lowest BCUT2D eigenvalue weighted by atomic mass is 10.1. The topological polar surface area (TPSA) is 49.0 Å². The molecule has 0 aromatic carbocycles. The minimum Gasteiger partial charge on any atom is -0.301 e. The molecule has 0 aliphatic carbocycles. The monoisotopic (exact) mass is 192 g/mol. The highest BCUT2D eigenvalue weighted by molar-refractivity contribution is 5.10. The third-order valence-corrected chi connectivity index (χ3v) is 2.40. The molecule has 1 fully saturated rings. The van der Waals surface area contributed by atoms with Crippen molar-refractivity contribution in [1.29, 1.82) is 0 Å². The normalized spacial score (nSPS) is 26.6. The van der Waals surface area contributed by atoms with Gasteiger partial charge in [0, 0.05) is 6.20 Å². The maximum Gasteiger partial charge on any atom is 0.0723 e. The van der Waals surface area contributed by atoms with Crippen molar-refractivity contribution in [3.63, 3.8) is 0 Å². The van der Waals surface area contributed by atoms with E-state index < -0.39 is 0 Å². The van der Waals surface area contributed by atoms with Gasteiger partial charge < -0.3 is 5.32 Å². The molecule has 4 heteroatoms. The van der Waals surface area contributed by atoms with Crippen LogP contribution < -0.4 is 16.2 Å². The standard InChI is InChI=1S/C10H16N4/c1-2-11-10-7-9(13-14-10)8-5-3-4-6-12-8/h3-6,9-11,13-14H,2,7H2,1H3. The number of hydrazine groups is 1. The molecule has 0 saturated carbocycles. The van der Waals surface area contributed by atoms with Gasteiger partial charge in [-0.3, -0.25) is 4.98 Å². The van der Waals surface area contributed by atoms with E-state index in [9.17, 15) is 0 Å². The van der Waals surface area contributed by atoms with Gasteiger partial charge in [-0.25, -0.2) is 10.9 Å². The maximum absolute atomic E-state index is 4.33. The van der Waals surface area contributed by atoms with Crippen molar-refractivity contribution < 1.29 is 0 Å². The van der Waals surface area contributed by atoms with Crippen molar-refractivity contribution in [3.05, 3.63) is 30.1 Å². The largest absolute Gasteiger partial charge is 0.301 e. The van der Waals surface area contributed by atoms with E-state index in [-0.39, 0.29) is 0 Å². The summed E-state index contributed by atoms with van der Waals surface area (Å²) in [6.07, 6.45) is 3.22. The molecule has 4 nitrogen and oxygen atoms in total. The van der Waals surface area contributed by atoms with E-state index in [4.69, 9.17) is 0 Å². The van der Waals surface area contributed by atoms with Crippen LogP contribution in [0.3, 0.4) is 0 Å². The first-order valence-corrected chi connectivity index (χ1v) is 5.05. The number of pyridine rings is 1. The lowest BCUT2D eigenvalue weighted by molar-refractivity contribution is 0.470. The van der Waals surface area contributed by atoms with E-state index in [0.717, 1.165) is 18.7 Å². The van der Waals surface area contributed by atoms with Gasteiger partial charge in [0.1, 0.15) is 0 Å². The fourth-order valence-electron chi connectivity index (χ4n) is 1.71. The molecule has 0 radical (unpaired) electrons. The van der Waals surface area contributed by atoms with E-state index in [1.165, 1.54) is 0 Å². The molecule has 0 spiro atoms. The Morgan fingerprint density at radius 1 is 1.50 bits per heavy atom. The molecule has 3 N–H and O–H groups in total. The van der Waals surface area contributed by atoms with Crippen LogP contribution in [0.15, 0.2) is 24.4 Å². The predicted octanol–water partition coefficient (Wildman–Crippen LogP) is 0.556. The van der Waals surface area contributed by atoms with Crippen molar-refractivity contribution in [3.8, 4) is 0 Å². The summed E-state index contributed by atoms with van der Waals surface area (Å²) in [5, 5.41) is 3.34. The number of nitrogens with one attached hydrogen (secondary N) is 3. The number of rotatable bonds is 3. The van der Waals surface area contributed by atoms with Crippen molar-refractivity contribution >= 4 is 0 Å². The minimum atomic E-state index is 0.320. The van der Waals surface area contributed by atoms with Crippen molar-refractivity contribution in [2.45, 2.75) is 25.6 Å². The zero-order valence-corrected chi connectivity index (χ0v) is 8.33. The molecule has 1 aliphatic heterocycles. The van der Waals surface area contributed by atoms with Gasteiger partial charge in [-0.15, -0.1) is 0 Å². The van der Waals surface area contributed by atoms with Crippen LogP contribution >= 0.6 is 0 Å². The maximum atomic E-state index is 4.33. The highest BCUT2D eigenvalue weighted by Crippen LogP contribution is 2.18. The molecular weight excluding hydrogens is 176 g/mol. The second-order valence-corrected chi connectivity index (χ2v) is 3.44. The van der Waals surface area contributed by atoms with Gasteiger partial charge in [0.25, 0.3) is 0 Å². The lowest BCUT2D eigenvalue weighted by Gasteiger charge is -2.08. The number of hydrogen-bond donors (Lipinski definition) is 3. The first-order chi connectivity index (χ1) is 6.90. The van der Waals surface area contributed by atoms with E-state index in [0.29, 0.717) is 12.2 Å². The van der Waals surface area contributed by atoms with Gasteiger partial charge >= 0.3 is 0 Å². The summed E-state index contributed by atoms with van der Waals surface area (Å²) in [6.45, 7) is 3.09. The van der Waals surface area contributed by atoms with Gasteiger partial charge in [-0.2, -0.15) is 0 Å². The minimum absolute atomic E-state index is 0.320. The summed E-state index contributed by atoms with van der Waals surface area (Å²) < 4.78 is 0. The molecule has 2 unspecified atom stereocenters. The Hall–Kier alpha value is -0.970. The summed E-state index contributed by atoms with van der Waals surface area (Å²) in [5.41, 5.74) is 7.54. The van der Waals surface area contributed by atoms with E-state index in [1.807, 2.05) is 24.4 Å². The molecule has 0 amide bonds. The van der Waals surface area contributed by atoms with Gasteiger partial charge in [0.05, 0.1) is 17.9 Å². The fourth-order valence-corrected chi connectivity index (χ4v) is 1.71. The molecule has 2 heterocycles. The Morgan fingerprint density at radius 3 is 3.14 bits per heavy atom. The molecule has 1 saturated heterocycles. The Labute approximate surface area is 84.1 Å². The molecule has 1 aliphatic rings. The van der Waals surface area contributed by atoms with E-state index in [2.05, 4.69) is 28.1 Å². The molecule has 2 rings (SSSR count). The van der Waals surface area contributed by atoms with Crippen LogP contribution in [-0.2, 0) is 0 Å². The summed E-state index contributed by atoms with van der Waals surface area (Å²) in [5.74, 6) is 0. The van der Waals surface area contributed by atoms with Gasteiger partial charge in [-0.1, -0.05) is 13.0 Å². The Balaban J connectivity index is 1.96. The van der Waals surface area contributed by atoms with Crippen LogP contribution in [0.4, 0.5) is 0 Å². The second-order valence-electron chi connectivity index (χ2n) is 3.44. The summed E-state index contributed by atoms with van der Waals surface area (Å²) in [7, 11) is 0. The van der Waals surface area contributed by atoms with Crippen LogP contribution in [0.2, 0.25) is 0 Å². The zero-order chi connectivity index (χ0) is 9.80. The van der Waals surface area contributed by atoms with Gasteiger partial charge in [0.2, 0.25) is 0 Å². The summed E-state index contributed by atoms with van der Waals surface area (Å²) in [6, 6.07) is 6.33. The highest BCUT2D eigenvalue weighted by atomic mass is 15.5. The average molecular weight is 192 g/mol. The molecule has 76 valence electrons. The Bertz CT molecular complexity index is 275. The lowest BCUT2D eigenvalue weighted by Crippen LogP contribution is -2.40. The first-order valence-electron chi connectivity index (χ1n) is 5.05. The quantitative estimate of drug-likeness (QED) is 0.655. The molecule has 2 atom stereocenters. The zero-order valence-electron chi connectivity index (χ0n) is 8.33. The molecule has 1 aromatic rings. The first kappa shape index (κ1) is 9.58. The van der Waals surface area contributed by atoms with Crippen LogP contribution in [0.1, 0.15) is 25.1 Å².